The molecule has 1 amide bonds. The normalized spacial score (nSPS) is 27.0. The summed E-state index contributed by atoms with van der Waals surface area (Å²) in [6.45, 7) is 3.40. The van der Waals surface area contributed by atoms with Gasteiger partial charge in [0, 0.05) is 17.3 Å². The minimum atomic E-state index is 0.0684. The molecule has 1 N–H and O–H groups in total. The molecule has 4 nitrogen and oxygen atoms in total. The maximum atomic E-state index is 12.6. The molecule has 1 aromatic heterocycles. The molecule has 0 aliphatic carbocycles. The molecule has 3 saturated heterocycles. The van der Waals surface area contributed by atoms with E-state index in [-0.39, 0.29) is 5.91 Å². The Balaban J connectivity index is 1.52. The number of methoxy groups -OCH3 is 1. The van der Waals surface area contributed by atoms with Gasteiger partial charge in [-0.2, -0.15) is 0 Å². The third-order valence-corrected chi connectivity index (χ3v) is 6.02. The zero-order valence-electron chi connectivity index (χ0n) is 12.7. The Hall–Kier alpha value is -1.59. The molecule has 3 fully saturated rings. The molecule has 0 saturated carbocycles. The van der Waals surface area contributed by atoms with Crippen molar-refractivity contribution in [3.8, 4) is 5.75 Å². The Labute approximate surface area is 134 Å². The molecule has 5 rings (SSSR count). The predicted molar refractivity (Wildman–Crippen MR) is 88.8 cm³/mol. The number of amides is 1. The fourth-order valence-electron chi connectivity index (χ4n) is 3.62. The lowest BCUT2D eigenvalue weighted by molar-refractivity contribution is 0.0622. The van der Waals surface area contributed by atoms with Gasteiger partial charge in [0.05, 0.1) is 12.0 Å². The molecular weight excluding hydrogens is 296 g/mol. The van der Waals surface area contributed by atoms with Crippen molar-refractivity contribution in [1.82, 2.24) is 10.2 Å². The number of nitrogens with one attached hydrogen (secondary N) is 1. The number of benzene rings is 1. The number of thiophene rings is 1. The van der Waals surface area contributed by atoms with Crippen LogP contribution in [-0.4, -0.2) is 43.6 Å². The van der Waals surface area contributed by atoms with Gasteiger partial charge in [0.1, 0.15) is 5.75 Å². The first-order valence-electron chi connectivity index (χ1n) is 7.84. The van der Waals surface area contributed by atoms with Gasteiger partial charge in [-0.15, -0.1) is 11.3 Å². The van der Waals surface area contributed by atoms with E-state index >= 15 is 0 Å². The van der Waals surface area contributed by atoms with Crippen LogP contribution in [0.1, 0.15) is 22.5 Å². The predicted octanol–water partition coefficient (Wildman–Crippen LogP) is 2.73. The summed E-state index contributed by atoms with van der Waals surface area (Å²) in [6, 6.07) is 8.23. The van der Waals surface area contributed by atoms with E-state index in [1.165, 1.54) is 37.3 Å². The van der Waals surface area contributed by atoms with Crippen LogP contribution in [0.15, 0.2) is 24.3 Å². The van der Waals surface area contributed by atoms with Crippen LogP contribution in [0.3, 0.4) is 0 Å². The molecule has 4 heterocycles. The zero-order valence-corrected chi connectivity index (χ0v) is 13.5. The van der Waals surface area contributed by atoms with Crippen molar-refractivity contribution in [2.45, 2.75) is 18.9 Å². The summed E-state index contributed by atoms with van der Waals surface area (Å²) >= 11 is 1.54. The molecule has 116 valence electrons. The molecule has 22 heavy (non-hydrogen) atoms. The van der Waals surface area contributed by atoms with Crippen molar-refractivity contribution in [2.24, 2.45) is 5.92 Å². The molecule has 3 aliphatic rings. The first kappa shape index (κ1) is 14.0. The van der Waals surface area contributed by atoms with Crippen LogP contribution in [0.2, 0.25) is 0 Å². The van der Waals surface area contributed by atoms with E-state index in [1.807, 2.05) is 24.3 Å². The van der Waals surface area contributed by atoms with Crippen molar-refractivity contribution >= 4 is 27.3 Å². The minimum absolute atomic E-state index is 0.0684. The lowest BCUT2D eigenvalue weighted by Crippen LogP contribution is -2.57. The summed E-state index contributed by atoms with van der Waals surface area (Å²) < 4.78 is 6.34. The number of carbonyl (C=O) groups excluding carboxylic acids is 1. The number of piperidine rings is 3. The van der Waals surface area contributed by atoms with E-state index in [1.54, 1.807) is 7.11 Å². The molecule has 1 atom stereocenters. The van der Waals surface area contributed by atoms with Crippen molar-refractivity contribution in [3.63, 3.8) is 0 Å². The van der Waals surface area contributed by atoms with Gasteiger partial charge in [-0.25, -0.2) is 0 Å². The highest BCUT2D eigenvalue weighted by Crippen LogP contribution is 2.31. The van der Waals surface area contributed by atoms with Crippen LogP contribution in [0.4, 0.5) is 0 Å². The van der Waals surface area contributed by atoms with Gasteiger partial charge in [0.2, 0.25) is 0 Å². The fraction of sp³-hybridized carbons (Fsp3) is 0.471. The third kappa shape index (κ3) is 2.48. The van der Waals surface area contributed by atoms with Crippen LogP contribution in [0.25, 0.3) is 10.1 Å². The van der Waals surface area contributed by atoms with Crippen LogP contribution in [-0.2, 0) is 0 Å². The molecule has 0 radical (unpaired) electrons. The second-order valence-corrected chi connectivity index (χ2v) is 7.32. The standard InChI is InChI=1S/C17H20N2O2S/c1-21-13-3-2-12-8-16(22-15(12)9-13)17(20)18-14-10-19-6-4-11(14)5-7-19/h2-3,8-9,11,14H,4-7,10H2,1H3,(H,18,20)/t14-/m0/s1. The Bertz CT molecular complexity index is 704. The molecule has 2 bridgehead atoms. The van der Waals surface area contributed by atoms with Gasteiger partial charge in [-0.05, 0) is 61.5 Å². The minimum Gasteiger partial charge on any atom is -0.497 e. The van der Waals surface area contributed by atoms with Crippen LogP contribution < -0.4 is 10.1 Å². The summed E-state index contributed by atoms with van der Waals surface area (Å²) in [6.07, 6.45) is 2.43. The maximum absolute atomic E-state index is 12.6. The summed E-state index contributed by atoms with van der Waals surface area (Å²) in [7, 11) is 1.66. The SMILES string of the molecule is COc1ccc2cc(C(=O)N[C@H]3CN4CCC3CC4)sc2c1. The van der Waals surface area contributed by atoms with Gasteiger partial charge < -0.3 is 15.0 Å². The molecule has 0 spiro atoms. The lowest BCUT2D eigenvalue weighted by atomic mass is 9.84. The number of rotatable bonds is 3. The van der Waals surface area contributed by atoms with Gasteiger partial charge in [0.15, 0.2) is 0 Å². The summed E-state index contributed by atoms with van der Waals surface area (Å²) in [5.74, 6) is 1.56. The average molecular weight is 316 g/mol. The van der Waals surface area contributed by atoms with Gasteiger partial charge in [-0.1, -0.05) is 0 Å². The summed E-state index contributed by atoms with van der Waals surface area (Å²) in [5.41, 5.74) is 0. The van der Waals surface area contributed by atoms with Gasteiger partial charge in [0.25, 0.3) is 5.91 Å². The highest BCUT2D eigenvalue weighted by Gasteiger charge is 2.35. The largest absolute Gasteiger partial charge is 0.497 e. The third-order valence-electron chi connectivity index (χ3n) is 4.92. The highest BCUT2D eigenvalue weighted by atomic mass is 32.1. The monoisotopic (exact) mass is 316 g/mol. The molecule has 5 heteroatoms. The number of nitrogens with zero attached hydrogens (tertiary/aromatic N) is 1. The van der Waals surface area contributed by atoms with Crippen LogP contribution >= 0.6 is 11.3 Å². The number of hydrogen-bond acceptors (Lipinski definition) is 4. The second-order valence-electron chi connectivity index (χ2n) is 6.23. The van der Waals surface area contributed by atoms with Crippen molar-refractivity contribution in [1.29, 1.82) is 0 Å². The lowest BCUT2D eigenvalue weighted by Gasteiger charge is -2.44. The van der Waals surface area contributed by atoms with Crippen LogP contribution in [0.5, 0.6) is 5.75 Å². The average Bonchev–Trinajstić information content (AvgIpc) is 2.99. The molecule has 1 aromatic carbocycles. The molecule has 2 aromatic rings. The maximum Gasteiger partial charge on any atom is 0.261 e. The smallest absolute Gasteiger partial charge is 0.261 e. The van der Waals surface area contributed by atoms with E-state index < -0.39 is 0 Å². The topological polar surface area (TPSA) is 41.6 Å². The van der Waals surface area contributed by atoms with Crippen molar-refractivity contribution in [2.75, 3.05) is 26.7 Å². The Morgan fingerprint density at radius 1 is 1.32 bits per heavy atom. The van der Waals surface area contributed by atoms with E-state index in [0.717, 1.165) is 27.3 Å². The Morgan fingerprint density at radius 2 is 2.14 bits per heavy atom. The molecule has 0 unspecified atom stereocenters. The summed E-state index contributed by atoms with van der Waals surface area (Å²) in [5, 5.41) is 4.36. The number of hydrogen-bond donors (Lipinski definition) is 1. The van der Waals surface area contributed by atoms with Crippen molar-refractivity contribution < 1.29 is 9.53 Å². The zero-order chi connectivity index (χ0) is 15.1. The van der Waals surface area contributed by atoms with Crippen molar-refractivity contribution in [3.05, 3.63) is 29.1 Å². The van der Waals surface area contributed by atoms with Gasteiger partial charge in [-0.3, -0.25) is 4.79 Å². The molecular formula is C17H20N2O2S. The number of ether oxygens (including phenoxy) is 1. The highest BCUT2D eigenvalue weighted by molar-refractivity contribution is 7.20. The Kier molecular flexibility index (Phi) is 3.54. The second kappa shape index (κ2) is 5.56. The molecule has 3 aliphatic heterocycles. The summed E-state index contributed by atoms with van der Waals surface area (Å²) in [4.78, 5) is 15.8. The number of fused-ring (bicyclic) bond motifs is 4. The first-order valence-corrected chi connectivity index (χ1v) is 8.65. The van der Waals surface area contributed by atoms with E-state index in [2.05, 4.69) is 10.2 Å². The van der Waals surface area contributed by atoms with Gasteiger partial charge >= 0.3 is 0 Å². The Morgan fingerprint density at radius 3 is 2.82 bits per heavy atom. The first-order chi connectivity index (χ1) is 10.7. The van der Waals surface area contributed by atoms with E-state index in [4.69, 9.17) is 4.74 Å². The quantitative estimate of drug-likeness (QED) is 0.947. The van der Waals surface area contributed by atoms with E-state index in [9.17, 15) is 4.79 Å². The van der Waals surface area contributed by atoms with Crippen LogP contribution in [0, 0.1) is 5.92 Å². The number of carbonyl (C=O) groups is 1. The fourth-order valence-corrected chi connectivity index (χ4v) is 4.61. The van der Waals surface area contributed by atoms with E-state index in [0.29, 0.717) is 12.0 Å².